The second kappa shape index (κ2) is 4.35. The highest BCUT2D eigenvalue weighted by Gasteiger charge is 2.40. The van der Waals surface area contributed by atoms with Gasteiger partial charge in [0.2, 0.25) is 0 Å². The maximum Gasteiger partial charge on any atom is 0.254 e. The van der Waals surface area contributed by atoms with E-state index >= 15 is 0 Å². The Morgan fingerprint density at radius 3 is 2.67 bits per heavy atom. The summed E-state index contributed by atoms with van der Waals surface area (Å²) in [5.74, 6) is -0.466. The number of aliphatic hydroxyl groups is 1. The molecule has 0 radical (unpaired) electrons. The van der Waals surface area contributed by atoms with E-state index in [0.29, 0.717) is 24.1 Å². The number of hydrogen-bond acceptors (Lipinski definition) is 2. The largest absolute Gasteiger partial charge is 0.391 e. The average molecular weight is 251 g/mol. The third kappa shape index (κ3) is 2.25. The van der Waals surface area contributed by atoms with E-state index in [2.05, 4.69) is 0 Å². The summed E-state index contributed by atoms with van der Waals surface area (Å²) in [6.07, 6.45) is 0.0873. The van der Waals surface area contributed by atoms with Crippen LogP contribution in [-0.4, -0.2) is 34.1 Å². The number of likely N-dealkylation sites (tertiary alicyclic amines) is 1. The van der Waals surface area contributed by atoms with Crippen LogP contribution in [0.3, 0.4) is 0 Å². The molecule has 2 rings (SSSR count). The summed E-state index contributed by atoms with van der Waals surface area (Å²) in [6.45, 7) is 5.83. The van der Waals surface area contributed by atoms with Gasteiger partial charge in [0.15, 0.2) is 0 Å². The highest BCUT2D eigenvalue weighted by molar-refractivity contribution is 5.95. The first-order valence-corrected chi connectivity index (χ1v) is 6.07. The first kappa shape index (κ1) is 13.0. The molecular formula is C14H18FNO2. The van der Waals surface area contributed by atoms with E-state index < -0.39 is 6.10 Å². The van der Waals surface area contributed by atoms with Gasteiger partial charge in [-0.1, -0.05) is 0 Å². The Balaban J connectivity index is 2.29. The Morgan fingerprint density at radius 2 is 2.17 bits per heavy atom. The summed E-state index contributed by atoms with van der Waals surface area (Å²) < 4.78 is 13.2. The first-order valence-electron chi connectivity index (χ1n) is 6.07. The topological polar surface area (TPSA) is 40.5 Å². The highest BCUT2D eigenvalue weighted by atomic mass is 19.1. The molecule has 1 fully saturated rings. The summed E-state index contributed by atoms with van der Waals surface area (Å²) in [4.78, 5) is 14.0. The van der Waals surface area contributed by atoms with Crippen molar-refractivity contribution in [3.63, 3.8) is 0 Å². The summed E-state index contributed by atoms with van der Waals surface area (Å²) in [5, 5.41) is 9.68. The van der Waals surface area contributed by atoms with Gasteiger partial charge in [-0.25, -0.2) is 4.39 Å². The van der Waals surface area contributed by atoms with Crippen molar-refractivity contribution in [2.24, 2.45) is 0 Å². The number of hydrogen-bond donors (Lipinski definition) is 1. The molecule has 4 heteroatoms. The lowest BCUT2D eigenvalue weighted by atomic mass is 10.00. The Hall–Kier alpha value is -1.42. The number of carbonyl (C=O) groups excluding carboxylic acids is 1. The Bertz CT molecular complexity index is 485. The van der Waals surface area contributed by atoms with Crippen molar-refractivity contribution in [2.45, 2.75) is 38.8 Å². The molecule has 0 saturated carbocycles. The number of carbonyl (C=O) groups is 1. The molecule has 1 unspecified atom stereocenters. The summed E-state index contributed by atoms with van der Waals surface area (Å²) >= 11 is 0. The molecule has 1 aromatic carbocycles. The molecule has 1 amide bonds. The SMILES string of the molecule is Cc1cc(C(=O)N2CC(O)CC2(C)C)ccc1F. The van der Waals surface area contributed by atoms with Gasteiger partial charge in [0.25, 0.3) is 5.91 Å². The van der Waals surface area contributed by atoms with Gasteiger partial charge >= 0.3 is 0 Å². The molecule has 0 spiro atoms. The van der Waals surface area contributed by atoms with Crippen LogP contribution in [-0.2, 0) is 0 Å². The lowest BCUT2D eigenvalue weighted by molar-refractivity contribution is 0.0641. The molecule has 1 heterocycles. The number of aryl methyl sites for hydroxylation is 1. The van der Waals surface area contributed by atoms with Crippen molar-refractivity contribution in [1.29, 1.82) is 0 Å². The molecule has 0 bridgehead atoms. The molecular weight excluding hydrogens is 233 g/mol. The van der Waals surface area contributed by atoms with Crippen molar-refractivity contribution in [2.75, 3.05) is 6.54 Å². The number of benzene rings is 1. The predicted octanol–water partition coefficient (Wildman–Crippen LogP) is 2.12. The second-order valence-electron chi connectivity index (χ2n) is 5.55. The van der Waals surface area contributed by atoms with Crippen molar-refractivity contribution in [3.8, 4) is 0 Å². The van der Waals surface area contributed by atoms with Gasteiger partial charge in [-0.15, -0.1) is 0 Å². The first-order chi connectivity index (χ1) is 8.31. The number of amides is 1. The van der Waals surface area contributed by atoms with Gasteiger partial charge in [0.1, 0.15) is 5.82 Å². The smallest absolute Gasteiger partial charge is 0.254 e. The van der Waals surface area contributed by atoms with Crippen LogP contribution in [0.25, 0.3) is 0 Å². The van der Waals surface area contributed by atoms with Crippen LogP contribution in [0, 0.1) is 12.7 Å². The van der Waals surface area contributed by atoms with Gasteiger partial charge in [-0.3, -0.25) is 4.79 Å². The Morgan fingerprint density at radius 1 is 1.50 bits per heavy atom. The number of aliphatic hydroxyl groups excluding tert-OH is 1. The van der Waals surface area contributed by atoms with Gasteiger partial charge in [0.05, 0.1) is 6.10 Å². The zero-order valence-electron chi connectivity index (χ0n) is 10.9. The van der Waals surface area contributed by atoms with Crippen LogP contribution in [0.5, 0.6) is 0 Å². The minimum absolute atomic E-state index is 0.153. The number of β-amino-alcohol motifs (C(OH)–C–C–N with tert-alkyl or cyclic N) is 1. The standard InChI is InChI=1S/C14H18FNO2/c1-9-6-10(4-5-12(9)15)13(18)16-8-11(17)7-14(16,2)3/h4-6,11,17H,7-8H2,1-3H3. The summed E-state index contributed by atoms with van der Waals surface area (Å²) in [7, 11) is 0. The normalized spacial score (nSPS) is 22.3. The monoisotopic (exact) mass is 251 g/mol. The summed E-state index contributed by atoms with van der Waals surface area (Å²) in [5.41, 5.74) is 0.563. The van der Waals surface area contributed by atoms with E-state index in [1.807, 2.05) is 13.8 Å². The molecule has 0 aromatic heterocycles. The molecule has 1 saturated heterocycles. The molecule has 0 aliphatic carbocycles. The van der Waals surface area contributed by atoms with E-state index in [-0.39, 0.29) is 17.3 Å². The van der Waals surface area contributed by atoms with Gasteiger partial charge in [-0.05, 0) is 51.0 Å². The molecule has 3 nitrogen and oxygen atoms in total. The van der Waals surface area contributed by atoms with E-state index in [1.54, 1.807) is 17.9 Å². The van der Waals surface area contributed by atoms with Gasteiger partial charge in [-0.2, -0.15) is 0 Å². The molecule has 1 aliphatic rings. The predicted molar refractivity (Wildman–Crippen MR) is 66.9 cm³/mol. The molecule has 1 aromatic rings. The number of rotatable bonds is 1. The zero-order valence-corrected chi connectivity index (χ0v) is 10.9. The van der Waals surface area contributed by atoms with Crippen molar-refractivity contribution in [3.05, 3.63) is 35.1 Å². The third-order valence-electron chi connectivity index (χ3n) is 3.51. The van der Waals surface area contributed by atoms with Crippen LogP contribution in [0.2, 0.25) is 0 Å². The fourth-order valence-electron chi connectivity index (χ4n) is 2.50. The number of halogens is 1. The van der Waals surface area contributed by atoms with Crippen LogP contribution < -0.4 is 0 Å². The third-order valence-corrected chi connectivity index (χ3v) is 3.51. The molecule has 98 valence electrons. The van der Waals surface area contributed by atoms with E-state index in [1.165, 1.54) is 12.1 Å². The molecule has 1 N–H and O–H groups in total. The average Bonchev–Trinajstić information content (AvgIpc) is 2.55. The van der Waals surface area contributed by atoms with Gasteiger partial charge < -0.3 is 10.0 Å². The maximum atomic E-state index is 13.2. The lowest BCUT2D eigenvalue weighted by Gasteiger charge is -2.31. The summed E-state index contributed by atoms with van der Waals surface area (Å²) in [6, 6.07) is 4.35. The highest BCUT2D eigenvalue weighted by Crippen LogP contribution is 2.30. The van der Waals surface area contributed by atoms with E-state index in [4.69, 9.17) is 0 Å². The van der Waals surface area contributed by atoms with Crippen LogP contribution in [0.15, 0.2) is 18.2 Å². The van der Waals surface area contributed by atoms with Crippen molar-refractivity contribution in [1.82, 2.24) is 4.90 Å². The van der Waals surface area contributed by atoms with Crippen LogP contribution >= 0.6 is 0 Å². The Labute approximate surface area is 106 Å². The minimum Gasteiger partial charge on any atom is -0.391 e. The number of nitrogens with zero attached hydrogens (tertiary/aromatic N) is 1. The molecule has 1 atom stereocenters. The quantitative estimate of drug-likeness (QED) is 0.830. The van der Waals surface area contributed by atoms with Crippen molar-refractivity contribution >= 4 is 5.91 Å². The molecule has 1 aliphatic heterocycles. The van der Waals surface area contributed by atoms with E-state index in [0.717, 1.165) is 0 Å². The zero-order chi connectivity index (χ0) is 13.5. The maximum absolute atomic E-state index is 13.2. The van der Waals surface area contributed by atoms with Crippen LogP contribution in [0.1, 0.15) is 36.2 Å². The lowest BCUT2D eigenvalue weighted by Crippen LogP contribution is -2.42. The fourth-order valence-corrected chi connectivity index (χ4v) is 2.50. The van der Waals surface area contributed by atoms with Crippen molar-refractivity contribution < 1.29 is 14.3 Å². The van der Waals surface area contributed by atoms with Crippen LogP contribution in [0.4, 0.5) is 4.39 Å². The Kier molecular flexibility index (Phi) is 3.15. The minimum atomic E-state index is -0.481. The van der Waals surface area contributed by atoms with Gasteiger partial charge in [0, 0.05) is 17.6 Å². The second-order valence-corrected chi connectivity index (χ2v) is 5.55. The van der Waals surface area contributed by atoms with E-state index in [9.17, 15) is 14.3 Å². The molecule has 18 heavy (non-hydrogen) atoms. The fraction of sp³-hybridized carbons (Fsp3) is 0.500.